The number of sulfonamides is 1. The molecule has 0 radical (unpaired) electrons. The highest BCUT2D eigenvalue weighted by molar-refractivity contribution is 7.88. The molecule has 2 aromatic heterocycles. The van der Waals surface area contributed by atoms with Gasteiger partial charge < -0.3 is 5.32 Å². The summed E-state index contributed by atoms with van der Waals surface area (Å²) in [6, 6.07) is -1.83. The van der Waals surface area contributed by atoms with Crippen molar-refractivity contribution in [1.82, 2.24) is 18.8 Å². The van der Waals surface area contributed by atoms with Crippen LogP contribution in [0.1, 0.15) is 61.5 Å². The molecule has 3 heterocycles. The number of nitrogens with zero attached hydrogens (tertiary/aromatic N) is 4. The normalized spacial score (nSPS) is 33.3. The molecule has 1 saturated heterocycles. The van der Waals surface area contributed by atoms with Crippen molar-refractivity contribution in [3.63, 3.8) is 0 Å². The fraction of sp³-hybridized carbons (Fsp3) is 0.650. The maximum Gasteiger partial charge on any atom is 0.255 e. The Kier molecular flexibility index (Phi) is 3.35. The Morgan fingerprint density at radius 1 is 1.34 bits per heavy atom. The first-order valence-electron chi connectivity index (χ1n) is 13.4. The van der Waals surface area contributed by atoms with Crippen LogP contribution in [0.4, 0.5) is 5.95 Å². The van der Waals surface area contributed by atoms with Gasteiger partial charge in [-0.2, -0.15) is 4.98 Å². The lowest BCUT2D eigenvalue weighted by Gasteiger charge is -2.30. The van der Waals surface area contributed by atoms with E-state index >= 15 is 0 Å². The van der Waals surface area contributed by atoms with Crippen LogP contribution in [0, 0.1) is 12.8 Å². The van der Waals surface area contributed by atoms with Gasteiger partial charge >= 0.3 is 0 Å². The number of aromatic nitrogens is 3. The first kappa shape index (κ1) is 12.6. The summed E-state index contributed by atoms with van der Waals surface area (Å²) in [5.41, 5.74) is -1.00. The van der Waals surface area contributed by atoms with E-state index in [0.717, 1.165) is 19.1 Å². The molecule has 2 aromatic rings. The molecule has 4 rings (SSSR count). The van der Waals surface area contributed by atoms with E-state index in [9.17, 15) is 13.2 Å². The zero-order chi connectivity index (χ0) is 27.8. The molecule has 2 fully saturated rings. The zero-order valence-electron chi connectivity index (χ0n) is 24.3. The standard InChI is InChI=1S/C20H29N5O3S/c1-13-5-4-6-17(13)25-18-15(11-14(2)19(25)26)12-21-20(23-18)22-16-7-9-24(10-8-16)29(3,27)28/h11-13,16-17H,4-10H2,1-3H3,(H,21,22,23)/t13-,17+/m0/s1/i2D3,7D2,8D2,16D. The smallest absolute Gasteiger partial charge is 0.255 e. The second kappa shape index (κ2) is 7.68. The minimum atomic E-state index is -3.93. The Bertz CT molecular complexity index is 1380. The van der Waals surface area contributed by atoms with Crippen molar-refractivity contribution < 1.29 is 19.4 Å². The number of rotatable bonds is 4. The van der Waals surface area contributed by atoms with E-state index in [2.05, 4.69) is 15.3 Å². The van der Waals surface area contributed by atoms with Gasteiger partial charge in [-0.25, -0.2) is 17.7 Å². The van der Waals surface area contributed by atoms with E-state index in [0.29, 0.717) is 10.7 Å². The van der Waals surface area contributed by atoms with Gasteiger partial charge in [0, 0.05) is 51.9 Å². The van der Waals surface area contributed by atoms with Crippen LogP contribution in [-0.2, 0) is 10.0 Å². The topological polar surface area (TPSA) is 97.2 Å². The summed E-state index contributed by atoms with van der Waals surface area (Å²) in [4.78, 5) is 21.8. The quantitative estimate of drug-likeness (QED) is 0.804. The van der Waals surface area contributed by atoms with Crippen molar-refractivity contribution >= 4 is 27.0 Å². The highest BCUT2D eigenvalue weighted by Gasteiger charge is 2.29. The van der Waals surface area contributed by atoms with Crippen molar-refractivity contribution in [3.05, 3.63) is 28.2 Å². The Labute approximate surface area is 182 Å². The van der Waals surface area contributed by atoms with Crippen molar-refractivity contribution in [2.24, 2.45) is 5.92 Å². The molecule has 0 aromatic carbocycles. The second-order valence-corrected chi connectivity index (χ2v) is 9.55. The third kappa shape index (κ3) is 4.02. The van der Waals surface area contributed by atoms with Gasteiger partial charge in [-0.15, -0.1) is 0 Å². The predicted molar refractivity (Wildman–Crippen MR) is 114 cm³/mol. The third-order valence-electron chi connectivity index (χ3n) is 5.49. The lowest BCUT2D eigenvalue weighted by atomic mass is 10.1. The van der Waals surface area contributed by atoms with Gasteiger partial charge in [0.1, 0.15) is 5.65 Å². The van der Waals surface area contributed by atoms with Crippen molar-refractivity contribution in [1.29, 1.82) is 0 Å². The maximum absolute atomic E-state index is 13.4. The van der Waals surface area contributed by atoms with Gasteiger partial charge in [0.15, 0.2) is 0 Å². The summed E-state index contributed by atoms with van der Waals surface area (Å²) in [5.74, 6) is -0.284. The lowest BCUT2D eigenvalue weighted by molar-refractivity contribution is 0.331. The molecule has 1 saturated carbocycles. The monoisotopic (exact) mass is 427 g/mol. The average Bonchev–Trinajstić information content (AvgIpc) is 3.15. The molecule has 0 unspecified atom stereocenters. The van der Waals surface area contributed by atoms with E-state index < -0.39 is 54.3 Å². The van der Waals surface area contributed by atoms with Crippen LogP contribution in [0.25, 0.3) is 11.0 Å². The first-order valence-corrected chi connectivity index (χ1v) is 11.3. The fourth-order valence-electron chi connectivity index (χ4n) is 3.89. The Balaban J connectivity index is 1.85. The van der Waals surface area contributed by atoms with E-state index in [1.165, 1.54) is 16.8 Å². The SMILES string of the molecule is [2H]C([2H])([2H])c1cc2cnc(NC3([2H])C([2H])([2H])CN(S(C)(=O)=O)CC3([2H])[2H])nc2n([C@@H]2CCC[C@@H]2C)c1=O. The summed E-state index contributed by atoms with van der Waals surface area (Å²) in [5, 5.41) is 2.70. The fourth-order valence-corrected chi connectivity index (χ4v) is 4.48. The number of pyridine rings is 1. The molecule has 29 heavy (non-hydrogen) atoms. The summed E-state index contributed by atoms with van der Waals surface area (Å²) >= 11 is 0. The van der Waals surface area contributed by atoms with Crippen LogP contribution in [0.2, 0.25) is 0 Å². The largest absolute Gasteiger partial charge is 0.351 e. The Hall–Kier alpha value is -2.00. The molecule has 1 aliphatic heterocycles. The molecule has 1 aliphatic carbocycles. The highest BCUT2D eigenvalue weighted by atomic mass is 32.2. The van der Waals surface area contributed by atoms with Crippen LogP contribution in [0.5, 0.6) is 0 Å². The lowest BCUT2D eigenvalue weighted by Crippen LogP contribution is -2.42. The number of piperidine rings is 1. The van der Waals surface area contributed by atoms with Crippen LogP contribution >= 0.6 is 0 Å². The number of anilines is 1. The molecule has 8 nitrogen and oxygen atoms in total. The average molecular weight is 428 g/mol. The maximum atomic E-state index is 13.4. The minimum Gasteiger partial charge on any atom is -0.351 e. The van der Waals surface area contributed by atoms with Crippen molar-refractivity contribution in [3.8, 4) is 0 Å². The third-order valence-corrected chi connectivity index (χ3v) is 6.69. The minimum absolute atomic E-state index is 0.0604. The Morgan fingerprint density at radius 2 is 2.10 bits per heavy atom. The predicted octanol–water partition coefficient (Wildman–Crippen LogP) is 2.30. The highest BCUT2D eigenvalue weighted by Crippen LogP contribution is 2.36. The van der Waals surface area contributed by atoms with Gasteiger partial charge in [0.25, 0.3) is 5.56 Å². The number of hydrogen-bond acceptors (Lipinski definition) is 6. The number of fused-ring (bicyclic) bond motifs is 1. The van der Waals surface area contributed by atoms with Crippen molar-refractivity contribution in [2.45, 2.75) is 57.8 Å². The van der Waals surface area contributed by atoms with E-state index in [4.69, 9.17) is 11.0 Å². The van der Waals surface area contributed by atoms with Gasteiger partial charge in [0.05, 0.1) is 7.63 Å². The molecule has 0 spiro atoms. The van der Waals surface area contributed by atoms with Crippen LogP contribution in [0.3, 0.4) is 0 Å². The molecular weight excluding hydrogens is 390 g/mol. The van der Waals surface area contributed by atoms with Crippen LogP contribution in [-0.4, -0.2) is 52.6 Å². The number of aryl methyl sites for hydroxylation is 1. The Morgan fingerprint density at radius 3 is 2.72 bits per heavy atom. The molecule has 2 atom stereocenters. The first-order chi connectivity index (χ1) is 16.8. The van der Waals surface area contributed by atoms with E-state index in [1.807, 2.05) is 6.92 Å². The molecule has 158 valence electrons. The zero-order valence-corrected chi connectivity index (χ0v) is 17.1. The number of nitrogens with one attached hydrogen (secondary N) is 1. The molecule has 0 bridgehead atoms. The van der Waals surface area contributed by atoms with Gasteiger partial charge in [-0.3, -0.25) is 9.36 Å². The summed E-state index contributed by atoms with van der Waals surface area (Å²) in [6.45, 7) is -2.24. The van der Waals surface area contributed by atoms with Crippen LogP contribution in [0.15, 0.2) is 17.1 Å². The van der Waals surface area contributed by atoms with Gasteiger partial charge in [-0.1, -0.05) is 13.3 Å². The van der Waals surface area contributed by atoms with Crippen LogP contribution < -0.4 is 10.9 Å². The molecular formula is C20H29N5O3S. The van der Waals surface area contributed by atoms with E-state index in [1.54, 1.807) is 0 Å². The summed E-state index contributed by atoms with van der Waals surface area (Å²) in [7, 11) is -3.93. The van der Waals surface area contributed by atoms with Crippen molar-refractivity contribution in [2.75, 3.05) is 24.7 Å². The molecule has 2 aliphatic rings. The molecule has 9 heteroatoms. The van der Waals surface area contributed by atoms with Gasteiger partial charge in [-0.05, 0) is 44.4 Å². The van der Waals surface area contributed by atoms with Gasteiger partial charge in [0.2, 0.25) is 16.0 Å². The summed E-state index contributed by atoms with van der Waals surface area (Å²) in [6.07, 6.45) is -1.03. The number of hydrogen-bond donors (Lipinski definition) is 1. The van der Waals surface area contributed by atoms with E-state index in [-0.39, 0.29) is 34.5 Å². The molecule has 1 N–H and O–H groups in total. The second-order valence-electron chi connectivity index (χ2n) is 7.57. The molecule has 0 amide bonds. The summed E-state index contributed by atoms with van der Waals surface area (Å²) < 4.78 is 91.8.